The van der Waals surface area contributed by atoms with Crippen molar-refractivity contribution in [1.82, 2.24) is 4.90 Å². The monoisotopic (exact) mass is 305 g/mol. The molecule has 2 amide bonds. The van der Waals surface area contributed by atoms with Gasteiger partial charge in [0, 0.05) is 19.6 Å². The van der Waals surface area contributed by atoms with E-state index in [1.165, 1.54) is 17.0 Å². The Labute approximate surface area is 129 Å². The summed E-state index contributed by atoms with van der Waals surface area (Å²) in [6, 6.07) is 6.10. The maximum atomic E-state index is 12.9. The summed E-state index contributed by atoms with van der Waals surface area (Å²) in [6.45, 7) is 1.22. The smallest absolute Gasteiger partial charge is 0.233 e. The number of amides is 2. The van der Waals surface area contributed by atoms with Crippen LogP contribution in [0.25, 0.3) is 0 Å². The molecule has 0 aromatic heterocycles. The molecule has 1 aromatic rings. The van der Waals surface area contributed by atoms with Gasteiger partial charge in [-0.05, 0) is 43.4 Å². The highest BCUT2D eigenvalue weighted by Gasteiger charge is 2.38. The van der Waals surface area contributed by atoms with Crippen molar-refractivity contribution in [2.75, 3.05) is 13.2 Å². The molecule has 0 N–H and O–H groups in total. The fraction of sp³-hybridized carbons (Fsp3) is 0.529. The maximum Gasteiger partial charge on any atom is 0.233 e. The number of likely N-dealkylation sites (tertiary alicyclic amines) is 1. The topological polar surface area (TPSA) is 46.6 Å². The Morgan fingerprint density at radius 2 is 2.00 bits per heavy atom. The quantitative estimate of drug-likeness (QED) is 0.784. The van der Waals surface area contributed by atoms with Gasteiger partial charge < -0.3 is 4.74 Å². The van der Waals surface area contributed by atoms with E-state index < -0.39 is 0 Å². The van der Waals surface area contributed by atoms with E-state index >= 15 is 0 Å². The van der Waals surface area contributed by atoms with Crippen molar-refractivity contribution >= 4 is 11.8 Å². The van der Waals surface area contributed by atoms with Crippen molar-refractivity contribution in [1.29, 1.82) is 0 Å². The first-order valence-electron chi connectivity index (χ1n) is 7.84. The minimum Gasteiger partial charge on any atom is -0.378 e. The van der Waals surface area contributed by atoms with Crippen molar-refractivity contribution in [2.24, 2.45) is 5.92 Å². The largest absolute Gasteiger partial charge is 0.378 e. The molecule has 0 bridgehead atoms. The molecule has 3 rings (SSSR count). The van der Waals surface area contributed by atoms with Crippen LogP contribution in [-0.2, 0) is 20.7 Å². The standard InChI is InChI=1S/C17H20FNO3/c18-14-5-3-12(4-6-14)10-13-11-16(20)19(17(13)21)8-7-15-2-1-9-22-15/h3-6,13,15H,1-2,7-11H2/t13-,15-/m1/s1. The Bertz CT molecular complexity index is 552. The van der Waals surface area contributed by atoms with E-state index in [9.17, 15) is 14.0 Å². The van der Waals surface area contributed by atoms with Gasteiger partial charge >= 0.3 is 0 Å². The van der Waals surface area contributed by atoms with Crippen LogP contribution in [0, 0.1) is 11.7 Å². The molecule has 0 spiro atoms. The number of carbonyl (C=O) groups is 2. The minimum atomic E-state index is -0.317. The van der Waals surface area contributed by atoms with Gasteiger partial charge in [-0.3, -0.25) is 14.5 Å². The van der Waals surface area contributed by atoms with Gasteiger partial charge in [-0.1, -0.05) is 12.1 Å². The van der Waals surface area contributed by atoms with E-state index in [4.69, 9.17) is 4.74 Å². The summed E-state index contributed by atoms with van der Waals surface area (Å²) in [5, 5.41) is 0. The molecule has 0 radical (unpaired) electrons. The minimum absolute atomic E-state index is 0.102. The number of imide groups is 1. The molecular weight excluding hydrogens is 285 g/mol. The maximum absolute atomic E-state index is 12.9. The summed E-state index contributed by atoms with van der Waals surface area (Å²) < 4.78 is 18.4. The molecule has 0 aliphatic carbocycles. The molecule has 2 heterocycles. The highest BCUT2D eigenvalue weighted by Crippen LogP contribution is 2.25. The Morgan fingerprint density at radius 3 is 2.68 bits per heavy atom. The van der Waals surface area contributed by atoms with Crippen LogP contribution in [0.2, 0.25) is 0 Å². The van der Waals surface area contributed by atoms with Gasteiger partial charge in [0.2, 0.25) is 11.8 Å². The molecular formula is C17H20FNO3. The zero-order valence-electron chi connectivity index (χ0n) is 12.5. The molecule has 4 nitrogen and oxygen atoms in total. The Kier molecular flexibility index (Phi) is 4.52. The number of rotatable bonds is 5. The zero-order valence-corrected chi connectivity index (χ0v) is 12.5. The SMILES string of the molecule is O=C1C[C@@H](Cc2ccc(F)cc2)C(=O)N1CC[C@H]1CCCO1. The van der Waals surface area contributed by atoms with E-state index in [-0.39, 0.29) is 36.1 Å². The fourth-order valence-electron chi connectivity index (χ4n) is 3.20. The summed E-state index contributed by atoms with van der Waals surface area (Å²) >= 11 is 0. The lowest BCUT2D eigenvalue weighted by Gasteiger charge is -2.17. The average molecular weight is 305 g/mol. The van der Waals surface area contributed by atoms with Crippen LogP contribution in [0.3, 0.4) is 0 Å². The summed E-state index contributed by atoms with van der Waals surface area (Å²) in [4.78, 5) is 25.8. The summed E-state index contributed by atoms with van der Waals surface area (Å²) in [5.74, 6) is -0.819. The Morgan fingerprint density at radius 1 is 1.23 bits per heavy atom. The molecule has 1 aromatic carbocycles. The van der Waals surface area contributed by atoms with E-state index in [2.05, 4.69) is 0 Å². The summed E-state index contributed by atoms with van der Waals surface area (Å²) in [5.41, 5.74) is 0.883. The van der Waals surface area contributed by atoms with Crippen molar-refractivity contribution in [2.45, 2.75) is 38.2 Å². The van der Waals surface area contributed by atoms with E-state index in [0.717, 1.165) is 31.4 Å². The normalized spacial score (nSPS) is 25.2. The van der Waals surface area contributed by atoms with Crippen molar-refractivity contribution in [3.05, 3.63) is 35.6 Å². The van der Waals surface area contributed by atoms with Gasteiger partial charge in [-0.25, -0.2) is 4.39 Å². The Hall–Kier alpha value is -1.75. The van der Waals surface area contributed by atoms with Crippen molar-refractivity contribution in [3.8, 4) is 0 Å². The van der Waals surface area contributed by atoms with Crippen LogP contribution in [0.5, 0.6) is 0 Å². The van der Waals surface area contributed by atoms with Crippen LogP contribution in [-0.4, -0.2) is 36.0 Å². The first kappa shape index (κ1) is 15.2. The molecule has 2 atom stereocenters. The lowest BCUT2D eigenvalue weighted by Crippen LogP contribution is -2.33. The second kappa shape index (κ2) is 6.57. The van der Waals surface area contributed by atoms with Crippen molar-refractivity contribution < 1.29 is 18.7 Å². The number of hydrogen-bond acceptors (Lipinski definition) is 3. The van der Waals surface area contributed by atoms with Crippen molar-refractivity contribution in [3.63, 3.8) is 0 Å². The van der Waals surface area contributed by atoms with Gasteiger partial charge in [0.1, 0.15) is 5.82 Å². The number of hydrogen-bond donors (Lipinski definition) is 0. The molecule has 2 aliphatic heterocycles. The summed E-state index contributed by atoms with van der Waals surface area (Å²) in [6.07, 6.45) is 3.70. The molecule has 2 saturated heterocycles. The molecule has 22 heavy (non-hydrogen) atoms. The second-order valence-electron chi connectivity index (χ2n) is 6.04. The first-order chi connectivity index (χ1) is 10.6. The number of carbonyl (C=O) groups excluding carboxylic acids is 2. The predicted octanol–water partition coefficient (Wildman–Crippen LogP) is 2.31. The summed E-state index contributed by atoms with van der Waals surface area (Å²) in [7, 11) is 0. The van der Waals surface area contributed by atoms with E-state index in [0.29, 0.717) is 13.0 Å². The second-order valence-corrected chi connectivity index (χ2v) is 6.04. The van der Waals surface area contributed by atoms with Crippen LogP contribution >= 0.6 is 0 Å². The average Bonchev–Trinajstić information content (AvgIpc) is 3.10. The van der Waals surface area contributed by atoms with Crippen LogP contribution < -0.4 is 0 Å². The van der Waals surface area contributed by atoms with Gasteiger partial charge in [0.25, 0.3) is 0 Å². The molecule has 0 unspecified atom stereocenters. The van der Waals surface area contributed by atoms with Gasteiger partial charge in [-0.15, -0.1) is 0 Å². The molecule has 118 valence electrons. The third-order valence-electron chi connectivity index (χ3n) is 4.43. The lowest BCUT2D eigenvalue weighted by molar-refractivity contribution is -0.139. The molecule has 0 saturated carbocycles. The molecule has 2 fully saturated rings. The van der Waals surface area contributed by atoms with Crippen LogP contribution in [0.1, 0.15) is 31.2 Å². The highest BCUT2D eigenvalue weighted by atomic mass is 19.1. The lowest BCUT2D eigenvalue weighted by atomic mass is 9.98. The zero-order chi connectivity index (χ0) is 15.5. The van der Waals surface area contributed by atoms with Crippen LogP contribution in [0.4, 0.5) is 4.39 Å². The van der Waals surface area contributed by atoms with Gasteiger partial charge in [0.15, 0.2) is 0 Å². The molecule has 5 heteroatoms. The number of ether oxygens (including phenoxy) is 1. The first-order valence-corrected chi connectivity index (χ1v) is 7.84. The number of nitrogens with zero attached hydrogens (tertiary/aromatic N) is 1. The Balaban J connectivity index is 1.57. The van der Waals surface area contributed by atoms with Gasteiger partial charge in [-0.2, -0.15) is 0 Å². The number of benzene rings is 1. The number of halogens is 1. The molecule has 2 aliphatic rings. The van der Waals surface area contributed by atoms with E-state index in [1.807, 2.05) is 0 Å². The van der Waals surface area contributed by atoms with Crippen LogP contribution in [0.15, 0.2) is 24.3 Å². The fourth-order valence-corrected chi connectivity index (χ4v) is 3.20. The third-order valence-corrected chi connectivity index (χ3v) is 4.43. The van der Waals surface area contributed by atoms with E-state index in [1.54, 1.807) is 12.1 Å². The third kappa shape index (κ3) is 3.35. The highest BCUT2D eigenvalue weighted by molar-refractivity contribution is 6.03. The van der Waals surface area contributed by atoms with Gasteiger partial charge in [0.05, 0.1) is 12.0 Å². The predicted molar refractivity (Wildman–Crippen MR) is 78.5 cm³/mol.